The summed E-state index contributed by atoms with van der Waals surface area (Å²) in [6.07, 6.45) is 1.62. The summed E-state index contributed by atoms with van der Waals surface area (Å²) in [6, 6.07) is 29.3. The Morgan fingerprint density at radius 2 is 1.42 bits per heavy atom. The number of carbonyl (C=O) groups excluding carboxylic acids is 2. The van der Waals surface area contributed by atoms with E-state index in [1.807, 2.05) is 48.5 Å². The molecule has 0 aliphatic heterocycles. The van der Waals surface area contributed by atoms with Crippen LogP contribution >= 0.6 is 11.6 Å². The highest BCUT2D eigenvalue weighted by Gasteiger charge is 2.15. The van der Waals surface area contributed by atoms with Gasteiger partial charge in [-0.2, -0.15) is 0 Å². The third-order valence-corrected chi connectivity index (χ3v) is 4.97. The van der Waals surface area contributed by atoms with Crippen molar-refractivity contribution in [2.75, 3.05) is 5.32 Å². The molecule has 5 heteroatoms. The second-order valence-electron chi connectivity index (χ2n) is 6.95. The molecule has 31 heavy (non-hydrogen) atoms. The Kier molecular flexibility index (Phi) is 6.11. The Hall–Kier alpha value is -3.89. The molecule has 4 aromatic rings. The molecular formula is C26H19ClN2O2. The van der Waals surface area contributed by atoms with Crippen molar-refractivity contribution in [1.82, 2.24) is 5.32 Å². The van der Waals surface area contributed by atoms with E-state index in [0.29, 0.717) is 16.3 Å². The lowest BCUT2D eigenvalue weighted by molar-refractivity contribution is -0.113. The first-order valence-electron chi connectivity index (χ1n) is 9.72. The van der Waals surface area contributed by atoms with Crippen LogP contribution < -0.4 is 10.6 Å². The summed E-state index contributed by atoms with van der Waals surface area (Å²) in [4.78, 5) is 25.7. The molecule has 0 unspecified atom stereocenters. The molecule has 0 atom stereocenters. The van der Waals surface area contributed by atoms with Crippen LogP contribution in [0.3, 0.4) is 0 Å². The number of benzene rings is 4. The normalized spacial score (nSPS) is 11.2. The van der Waals surface area contributed by atoms with Gasteiger partial charge in [-0.15, -0.1) is 0 Å². The van der Waals surface area contributed by atoms with Crippen LogP contribution in [-0.2, 0) is 4.79 Å². The molecule has 4 aromatic carbocycles. The first-order valence-corrected chi connectivity index (χ1v) is 10.1. The second-order valence-corrected chi connectivity index (χ2v) is 7.38. The molecule has 4 nitrogen and oxygen atoms in total. The van der Waals surface area contributed by atoms with Crippen molar-refractivity contribution < 1.29 is 9.59 Å². The van der Waals surface area contributed by atoms with E-state index in [4.69, 9.17) is 11.6 Å². The molecule has 0 heterocycles. The minimum Gasteiger partial charge on any atom is -0.321 e. The van der Waals surface area contributed by atoms with Crippen LogP contribution in [0.2, 0.25) is 5.02 Å². The fourth-order valence-corrected chi connectivity index (χ4v) is 3.26. The Morgan fingerprint density at radius 3 is 2.16 bits per heavy atom. The van der Waals surface area contributed by atoms with Gasteiger partial charge >= 0.3 is 0 Å². The van der Waals surface area contributed by atoms with Crippen molar-refractivity contribution in [3.05, 3.63) is 119 Å². The number of fused-ring (bicyclic) bond motifs is 1. The summed E-state index contributed by atoms with van der Waals surface area (Å²) in [6.45, 7) is 0. The minimum absolute atomic E-state index is 0.129. The molecule has 0 bridgehead atoms. The van der Waals surface area contributed by atoms with Gasteiger partial charge in [0.05, 0.1) is 0 Å². The van der Waals surface area contributed by atoms with Crippen molar-refractivity contribution in [2.24, 2.45) is 0 Å². The van der Waals surface area contributed by atoms with Gasteiger partial charge in [0.15, 0.2) is 0 Å². The van der Waals surface area contributed by atoms with E-state index in [1.165, 1.54) is 0 Å². The van der Waals surface area contributed by atoms with Crippen LogP contribution in [0.4, 0.5) is 5.69 Å². The Balaban J connectivity index is 1.62. The van der Waals surface area contributed by atoms with Gasteiger partial charge in [-0.25, -0.2) is 0 Å². The number of nitrogens with one attached hydrogen (secondary N) is 2. The number of anilines is 1. The quantitative estimate of drug-likeness (QED) is 0.390. The summed E-state index contributed by atoms with van der Waals surface area (Å²) >= 11 is 5.96. The van der Waals surface area contributed by atoms with Crippen LogP contribution in [0.1, 0.15) is 15.9 Å². The summed E-state index contributed by atoms with van der Waals surface area (Å²) in [5.74, 6) is -0.788. The van der Waals surface area contributed by atoms with E-state index in [2.05, 4.69) is 10.6 Å². The third-order valence-electron chi connectivity index (χ3n) is 4.72. The van der Waals surface area contributed by atoms with Crippen molar-refractivity contribution in [2.45, 2.75) is 0 Å². The predicted octanol–water partition coefficient (Wildman–Crippen LogP) is 5.90. The van der Waals surface area contributed by atoms with Gasteiger partial charge in [0.25, 0.3) is 11.8 Å². The molecule has 0 aromatic heterocycles. The van der Waals surface area contributed by atoms with E-state index >= 15 is 0 Å². The van der Waals surface area contributed by atoms with E-state index in [9.17, 15) is 9.59 Å². The zero-order valence-corrected chi connectivity index (χ0v) is 17.3. The molecule has 0 aliphatic rings. The van der Waals surface area contributed by atoms with Crippen LogP contribution in [0.15, 0.2) is 103 Å². The molecule has 2 N–H and O–H groups in total. The molecule has 0 fully saturated rings. The summed E-state index contributed by atoms with van der Waals surface area (Å²) in [5.41, 5.74) is 1.97. The molecule has 4 rings (SSSR count). The maximum atomic E-state index is 13.1. The fraction of sp³-hybridized carbons (Fsp3) is 0. The first kappa shape index (κ1) is 20.4. The second kappa shape index (κ2) is 9.28. The number of rotatable bonds is 5. The lowest BCUT2D eigenvalue weighted by Gasteiger charge is -2.12. The third kappa shape index (κ3) is 5.18. The number of amides is 2. The molecule has 0 radical (unpaired) electrons. The van der Waals surface area contributed by atoms with Gasteiger partial charge in [0.2, 0.25) is 0 Å². The first-order chi connectivity index (χ1) is 15.1. The predicted molar refractivity (Wildman–Crippen MR) is 126 cm³/mol. The highest BCUT2D eigenvalue weighted by Crippen LogP contribution is 2.20. The van der Waals surface area contributed by atoms with E-state index in [1.54, 1.807) is 54.6 Å². The van der Waals surface area contributed by atoms with Gasteiger partial charge in [-0.1, -0.05) is 72.3 Å². The summed E-state index contributed by atoms with van der Waals surface area (Å²) < 4.78 is 0. The standard InChI is InChI=1S/C26H19ClN2O2/c27-22-13-10-18(11-14-22)16-24(29-25(30)20-7-2-1-3-8-20)26(31)28-23-15-12-19-6-4-5-9-21(19)17-23/h1-17H,(H,28,31)(H,29,30)/b24-16+. The van der Waals surface area contributed by atoms with Crippen molar-refractivity contribution in [3.63, 3.8) is 0 Å². The monoisotopic (exact) mass is 426 g/mol. The fourth-order valence-electron chi connectivity index (χ4n) is 3.13. The average molecular weight is 427 g/mol. The van der Waals surface area contributed by atoms with Crippen LogP contribution in [-0.4, -0.2) is 11.8 Å². The van der Waals surface area contributed by atoms with E-state index < -0.39 is 5.91 Å². The lowest BCUT2D eigenvalue weighted by atomic mass is 10.1. The van der Waals surface area contributed by atoms with Gasteiger partial charge in [-0.05, 0) is 58.8 Å². The van der Waals surface area contributed by atoms with Crippen LogP contribution in [0.5, 0.6) is 0 Å². The molecular weight excluding hydrogens is 408 g/mol. The smallest absolute Gasteiger partial charge is 0.272 e. The van der Waals surface area contributed by atoms with Crippen molar-refractivity contribution in [3.8, 4) is 0 Å². The lowest BCUT2D eigenvalue weighted by Crippen LogP contribution is -2.30. The van der Waals surface area contributed by atoms with Gasteiger partial charge in [0.1, 0.15) is 5.70 Å². The molecule has 152 valence electrons. The Bertz CT molecular complexity index is 1270. The zero-order valence-electron chi connectivity index (χ0n) is 16.5. The number of hydrogen-bond donors (Lipinski definition) is 2. The molecule has 0 spiro atoms. The summed E-state index contributed by atoms with van der Waals surface area (Å²) in [7, 11) is 0. The Morgan fingerprint density at radius 1 is 0.742 bits per heavy atom. The number of carbonyl (C=O) groups is 2. The summed E-state index contributed by atoms with van der Waals surface area (Å²) in [5, 5.41) is 8.29. The van der Waals surface area contributed by atoms with Gasteiger partial charge in [-0.3, -0.25) is 9.59 Å². The largest absolute Gasteiger partial charge is 0.321 e. The van der Waals surface area contributed by atoms with Crippen LogP contribution in [0, 0.1) is 0 Å². The topological polar surface area (TPSA) is 58.2 Å². The minimum atomic E-state index is -0.422. The molecule has 2 amide bonds. The Labute approximate surface area is 185 Å². The molecule has 0 aliphatic carbocycles. The van der Waals surface area contributed by atoms with E-state index in [-0.39, 0.29) is 11.6 Å². The van der Waals surface area contributed by atoms with E-state index in [0.717, 1.165) is 16.3 Å². The highest BCUT2D eigenvalue weighted by atomic mass is 35.5. The highest BCUT2D eigenvalue weighted by molar-refractivity contribution is 6.30. The maximum Gasteiger partial charge on any atom is 0.272 e. The van der Waals surface area contributed by atoms with Crippen molar-refractivity contribution in [1.29, 1.82) is 0 Å². The molecule has 0 saturated carbocycles. The maximum absolute atomic E-state index is 13.1. The number of halogens is 1. The van der Waals surface area contributed by atoms with Crippen molar-refractivity contribution >= 4 is 46.0 Å². The average Bonchev–Trinajstić information content (AvgIpc) is 2.80. The van der Waals surface area contributed by atoms with Crippen LogP contribution in [0.25, 0.3) is 16.8 Å². The number of hydrogen-bond acceptors (Lipinski definition) is 2. The zero-order chi connectivity index (χ0) is 21.6. The van der Waals surface area contributed by atoms with Gasteiger partial charge < -0.3 is 10.6 Å². The van der Waals surface area contributed by atoms with Gasteiger partial charge in [0, 0.05) is 16.3 Å². The SMILES string of the molecule is O=C(Nc1ccc2ccccc2c1)/C(=C\c1ccc(Cl)cc1)NC(=O)c1ccccc1. The molecule has 0 saturated heterocycles.